The van der Waals surface area contributed by atoms with Gasteiger partial charge in [-0.2, -0.15) is 10.1 Å². The summed E-state index contributed by atoms with van der Waals surface area (Å²) in [6.45, 7) is 1.65. The fraction of sp³-hybridized carbons (Fsp3) is 0.393. The number of piperidine rings is 1. The third-order valence-electron chi connectivity index (χ3n) is 9.06. The van der Waals surface area contributed by atoms with Gasteiger partial charge < -0.3 is 10.6 Å². The summed E-state index contributed by atoms with van der Waals surface area (Å²) in [5, 5.41) is 8.35. The van der Waals surface area contributed by atoms with Gasteiger partial charge in [0.2, 0.25) is 5.95 Å². The van der Waals surface area contributed by atoms with Gasteiger partial charge in [0.05, 0.1) is 5.69 Å². The third-order valence-corrected chi connectivity index (χ3v) is 9.06. The van der Waals surface area contributed by atoms with Gasteiger partial charge in [-0.05, 0) is 54.2 Å². The maximum Gasteiger partial charge on any atom is 0.263 e. The Kier molecular flexibility index (Phi) is 4.49. The number of benzene rings is 2. The average molecular weight is 467 g/mol. The Morgan fingerprint density at radius 3 is 2.43 bits per heavy atom. The summed E-state index contributed by atoms with van der Waals surface area (Å²) < 4.78 is 0. The van der Waals surface area contributed by atoms with Crippen molar-refractivity contribution in [1.29, 1.82) is 0 Å². The summed E-state index contributed by atoms with van der Waals surface area (Å²) in [7, 11) is 0. The zero-order valence-electron chi connectivity index (χ0n) is 19.8. The maximum atomic E-state index is 13.4. The predicted octanol–water partition coefficient (Wildman–Crippen LogP) is 3.96. The first-order valence-electron chi connectivity index (χ1n) is 12.7. The number of hydrogen-bond acceptors (Lipinski definition) is 5. The molecule has 2 aromatic heterocycles. The molecule has 1 saturated carbocycles. The summed E-state index contributed by atoms with van der Waals surface area (Å²) in [6.07, 6.45) is 6.12. The van der Waals surface area contributed by atoms with Gasteiger partial charge in [-0.25, -0.2) is 0 Å². The number of anilines is 1. The Morgan fingerprint density at radius 1 is 0.971 bits per heavy atom. The van der Waals surface area contributed by atoms with Gasteiger partial charge in [0.1, 0.15) is 5.39 Å². The first kappa shape index (κ1) is 20.9. The number of nitrogens with one attached hydrogen (secondary N) is 2. The van der Waals surface area contributed by atoms with Gasteiger partial charge in [-0.15, -0.1) is 0 Å². The second kappa shape index (κ2) is 7.52. The summed E-state index contributed by atoms with van der Waals surface area (Å²) in [6, 6.07) is 19.1. The minimum absolute atomic E-state index is 0.0714. The number of aromatic nitrogens is 4. The number of fused-ring (bicyclic) bond motifs is 2. The van der Waals surface area contributed by atoms with Crippen LogP contribution < -0.4 is 16.2 Å². The molecule has 2 aromatic carbocycles. The summed E-state index contributed by atoms with van der Waals surface area (Å²) in [5.74, 6) is 0.624. The molecule has 1 saturated heterocycles. The number of H-pyrrole nitrogens is 2. The van der Waals surface area contributed by atoms with Crippen LogP contribution in [0.4, 0.5) is 5.95 Å². The van der Waals surface area contributed by atoms with Gasteiger partial charge in [0, 0.05) is 24.5 Å². The molecule has 4 N–H and O–H groups in total. The Hall–Kier alpha value is -3.45. The van der Waals surface area contributed by atoms with Crippen molar-refractivity contribution in [2.24, 2.45) is 11.1 Å². The molecule has 178 valence electrons. The normalized spacial score (nSPS) is 22.3. The zero-order chi connectivity index (χ0) is 23.6. The molecule has 3 aliphatic rings. The van der Waals surface area contributed by atoms with E-state index in [2.05, 4.69) is 68.6 Å². The van der Waals surface area contributed by atoms with Crippen molar-refractivity contribution < 1.29 is 0 Å². The van der Waals surface area contributed by atoms with Crippen LogP contribution in [0.25, 0.3) is 11.0 Å². The molecule has 4 aromatic rings. The van der Waals surface area contributed by atoms with E-state index < -0.39 is 0 Å². The van der Waals surface area contributed by atoms with E-state index in [1.807, 2.05) is 6.07 Å². The van der Waals surface area contributed by atoms with E-state index in [0.717, 1.165) is 57.3 Å². The SMILES string of the molecule is N[C@@H]1c2ccccc2CC12CCN(c1nc3[nH]nc(C4(c5ccccc5)CCC4)c3c(=O)[nH]1)CC2. The molecule has 0 bridgehead atoms. The first-order valence-corrected chi connectivity index (χ1v) is 12.7. The summed E-state index contributed by atoms with van der Waals surface area (Å²) in [4.78, 5) is 23.5. The molecule has 3 heterocycles. The van der Waals surface area contributed by atoms with Crippen LogP contribution in [0.2, 0.25) is 0 Å². The first-order chi connectivity index (χ1) is 17.1. The molecule has 2 fully saturated rings. The van der Waals surface area contributed by atoms with Crippen LogP contribution in [-0.4, -0.2) is 33.3 Å². The number of hydrogen-bond donors (Lipinski definition) is 3. The Balaban J connectivity index is 1.18. The number of nitrogens with two attached hydrogens (primary N) is 1. The van der Waals surface area contributed by atoms with Crippen LogP contribution in [0.5, 0.6) is 0 Å². The van der Waals surface area contributed by atoms with Gasteiger partial charge in [0.25, 0.3) is 5.56 Å². The lowest BCUT2D eigenvalue weighted by molar-refractivity contribution is 0.187. The highest BCUT2D eigenvalue weighted by molar-refractivity contribution is 5.80. The molecule has 0 unspecified atom stereocenters. The molecule has 0 radical (unpaired) electrons. The van der Waals surface area contributed by atoms with Crippen LogP contribution in [0.3, 0.4) is 0 Å². The Morgan fingerprint density at radius 2 is 1.71 bits per heavy atom. The smallest absolute Gasteiger partial charge is 0.263 e. The topological polar surface area (TPSA) is 104 Å². The highest BCUT2D eigenvalue weighted by atomic mass is 16.1. The number of nitrogens with zero attached hydrogens (tertiary/aromatic N) is 3. The largest absolute Gasteiger partial charge is 0.342 e. The molecule has 1 aliphatic heterocycles. The Bertz CT molecular complexity index is 1460. The van der Waals surface area contributed by atoms with Crippen molar-refractivity contribution in [3.63, 3.8) is 0 Å². The van der Waals surface area contributed by atoms with Gasteiger partial charge in [-0.1, -0.05) is 61.0 Å². The van der Waals surface area contributed by atoms with Crippen LogP contribution in [0.15, 0.2) is 59.4 Å². The van der Waals surface area contributed by atoms with E-state index in [9.17, 15) is 4.79 Å². The molecular formula is C28H30N6O. The van der Waals surface area contributed by atoms with Crippen LogP contribution in [0, 0.1) is 5.41 Å². The van der Waals surface area contributed by atoms with Crippen molar-refractivity contribution in [2.75, 3.05) is 18.0 Å². The molecule has 2 aliphatic carbocycles. The molecule has 1 atom stereocenters. The second-order valence-corrected chi connectivity index (χ2v) is 10.7. The van der Waals surface area contributed by atoms with Crippen molar-refractivity contribution >= 4 is 17.0 Å². The van der Waals surface area contributed by atoms with E-state index in [4.69, 9.17) is 10.7 Å². The van der Waals surface area contributed by atoms with E-state index in [1.165, 1.54) is 16.7 Å². The Labute approximate surface area is 203 Å². The standard InChI is InChI=1S/C28H30N6O/c29-22-20-10-5-4-7-18(20)17-27(22)13-15-34(16-14-27)26-30-24-21(25(35)31-26)23(32-33-24)28(11-6-12-28)19-8-2-1-3-9-19/h1-5,7-10,22H,6,11-17,29H2,(H2,30,31,32,33,35)/t22-/m1/s1. The molecule has 35 heavy (non-hydrogen) atoms. The van der Waals surface area contributed by atoms with E-state index >= 15 is 0 Å². The molecule has 7 heteroatoms. The van der Waals surface area contributed by atoms with E-state index in [-0.39, 0.29) is 22.4 Å². The monoisotopic (exact) mass is 466 g/mol. The van der Waals surface area contributed by atoms with Crippen molar-refractivity contribution in [2.45, 2.75) is 50.0 Å². The lowest BCUT2D eigenvalue weighted by atomic mass is 9.62. The average Bonchev–Trinajstić information content (AvgIpc) is 3.40. The van der Waals surface area contributed by atoms with Crippen LogP contribution in [-0.2, 0) is 11.8 Å². The number of rotatable bonds is 3. The van der Waals surface area contributed by atoms with E-state index in [1.54, 1.807) is 0 Å². The highest BCUT2D eigenvalue weighted by Gasteiger charge is 2.47. The molecular weight excluding hydrogens is 436 g/mol. The van der Waals surface area contributed by atoms with E-state index in [0.29, 0.717) is 17.0 Å². The van der Waals surface area contributed by atoms with Gasteiger partial charge in [0.15, 0.2) is 5.65 Å². The minimum Gasteiger partial charge on any atom is -0.342 e. The highest BCUT2D eigenvalue weighted by Crippen LogP contribution is 2.51. The minimum atomic E-state index is -0.208. The lowest BCUT2D eigenvalue weighted by Gasteiger charge is -2.42. The number of aromatic amines is 2. The predicted molar refractivity (Wildman–Crippen MR) is 137 cm³/mol. The molecule has 7 nitrogen and oxygen atoms in total. The lowest BCUT2D eigenvalue weighted by Crippen LogP contribution is -2.45. The molecule has 7 rings (SSSR count). The summed E-state index contributed by atoms with van der Waals surface area (Å²) in [5.41, 5.74) is 11.8. The fourth-order valence-electron chi connectivity index (χ4n) is 6.84. The van der Waals surface area contributed by atoms with Crippen molar-refractivity contribution in [3.8, 4) is 0 Å². The fourth-order valence-corrected chi connectivity index (χ4v) is 6.84. The van der Waals surface area contributed by atoms with Gasteiger partial charge in [-0.3, -0.25) is 14.9 Å². The summed E-state index contributed by atoms with van der Waals surface area (Å²) >= 11 is 0. The van der Waals surface area contributed by atoms with Crippen LogP contribution in [0.1, 0.15) is 60.5 Å². The third kappa shape index (κ3) is 2.97. The van der Waals surface area contributed by atoms with Gasteiger partial charge >= 0.3 is 0 Å². The maximum absolute atomic E-state index is 13.4. The van der Waals surface area contributed by atoms with Crippen molar-refractivity contribution in [3.05, 3.63) is 87.3 Å². The second-order valence-electron chi connectivity index (χ2n) is 10.7. The van der Waals surface area contributed by atoms with Crippen molar-refractivity contribution in [1.82, 2.24) is 20.2 Å². The molecule has 1 spiro atoms. The quantitative estimate of drug-likeness (QED) is 0.424. The zero-order valence-corrected chi connectivity index (χ0v) is 19.8. The van der Waals surface area contributed by atoms with Crippen LogP contribution >= 0.6 is 0 Å². The molecule has 0 amide bonds.